The number of hydrogen-bond donors (Lipinski definition) is 1. The van der Waals surface area contributed by atoms with E-state index in [0.29, 0.717) is 0 Å². The SMILES string of the molecule is CNC(Cc1ccc(F)cc1)c1ccc(Br)cc1OC. The molecule has 0 radical (unpaired) electrons. The Labute approximate surface area is 127 Å². The lowest BCUT2D eigenvalue weighted by Gasteiger charge is -2.20. The number of halogens is 2. The average molecular weight is 338 g/mol. The number of benzene rings is 2. The molecule has 1 N–H and O–H groups in total. The highest BCUT2D eigenvalue weighted by Crippen LogP contribution is 2.30. The van der Waals surface area contributed by atoms with E-state index in [1.807, 2.05) is 37.4 Å². The largest absolute Gasteiger partial charge is 0.496 e. The maximum atomic E-state index is 13.0. The van der Waals surface area contributed by atoms with Crippen LogP contribution >= 0.6 is 15.9 Å². The van der Waals surface area contributed by atoms with Gasteiger partial charge in [0.15, 0.2) is 0 Å². The molecule has 0 aliphatic rings. The number of likely N-dealkylation sites (N-methyl/N-ethyl adjacent to an activating group) is 1. The van der Waals surface area contributed by atoms with E-state index in [2.05, 4.69) is 21.2 Å². The molecule has 20 heavy (non-hydrogen) atoms. The van der Waals surface area contributed by atoms with Gasteiger partial charge in [-0.2, -0.15) is 0 Å². The average Bonchev–Trinajstić information content (AvgIpc) is 2.47. The van der Waals surface area contributed by atoms with Crippen LogP contribution in [0.3, 0.4) is 0 Å². The van der Waals surface area contributed by atoms with Crippen molar-refractivity contribution in [3.8, 4) is 5.75 Å². The zero-order valence-electron chi connectivity index (χ0n) is 11.5. The summed E-state index contributed by atoms with van der Waals surface area (Å²) in [5.74, 6) is 0.622. The van der Waals surface area contributed by atoms with Gasteiger partial charge in [-0.05, 0) is 43.3 Å². The molecule has 2 aromatic carbocycles. The van der Waals surface area contributed by atoms with Gasteiger partial charge in [0.05, 0.1) is 7.11 Å². The van der Waals surface area contributed by atoms with Crippen molar-refractivity contribution in [3.63, 3.8) is 0 Å². The summed E-state index contributed by atoms with van der Waals surface area (Å²) in [6.07, 6.45) is 0.773. The van der Waals surface area contributed by atoms with E-state index in [-0.39, 0.29) is 11.9 Å². The van der Waals surface area contributed by atoms with Crippen molar-refractivity contribution in [2.24, 2.45) is 0 Å². The van der Waals surface area contributed by atoms with Crippen LogP contribution in [-0.4, -0.2) is 14.2 Å². The van der Waals surface area contributed by atoms with E-state index in [0.717, 1.165) is 27.8 Å². The third-order valence-corrected chi connectivity index (χ3v) is 3.77. The summed E-state index contributed by atoms with van der Waals surface area (Å²) in [5.41, 5.74) is 2.17. The maximum Gasteiger partial charge on any atom is 0.124 e. The monoisotopic (exact) mass is 337 g/mol. The fraction of sp³-hybridized carbons (Fsp3) is 0.250. The fourth-order valence-corrected chi connectivity index (χ4v) is 2.54. The van der Waals surface area contributed by atoms with Crippen molar-refractivity contribution < 1.29 is 9.13 Å². The Morgan fingerprint density at radius 2 is 1.90 bits per heavy atom. The second-order valence-corrected chi connectivity index (χ2v) is 5.47. The first-order valence-corrected chi connectivity index (χ1v) is 7.18. The molecule has 2 rings (SSSR count). The van der Waals surface area contributed by atoms with Crippen molar-refractivity contribution in [1.29, 1.82) is 0 Å². The van der Waals surface area contributed by atoms with Gasteiger partial charge in [-0.1, -0.05) is 34.1 Å². The van der Waals surface area contributed by atoms with Crippen LogP contribution in [0.5, 0.6) is 5.75 Å². The number of rotatable bonds is 5. The summed E-state index contributed by atoms with van der Waals surface area (Å²) in [5, 5.41) is 3.29. The Balaban J connectivity index is 2.26. The predicted octanol–water partition coefficient (Wildman–Crippen LogP) is 4.10. The second kappa shape index (κ2) is 6.86. The minimum absolute atomic E-state index is 0.114. The first-order chi connectivity index (χ1) is 9.63. The van der Waals surface area contributed by atoms with Gasteiger partial charge in [-0.15, -0.1) is 0 Å². The zero-order valence-corrected chi connectivity index (χ0v) is 13.1. The molecule has 2 aromatic rings. The summed E-state index contributed by atoms with van der Waals surface area (Å²) >= 11 is 3.44. The Kier molecular flexibility index (Phi) is 5.15. The summed E-state index contributed by atoms with van der Waals surface area (Å²) in [4.78, 5) is 0. The Morgan fingerprint density at radius 3 is 2.50 bits per heavy atom. The van der Waals surface area contributed by atoms with Crippen LogP contribution in [0.2, 0.25) is 0 Å². The zero-order chi connectivity index (χ0) is 14.5. The molecule has 2 nitrogen and oxygen atoms in total. The normalized spacial score (nSPS) is 12.2. The molecule has 0 saturated carbocycles. The van der Waals surface area contributed by atoms with Crippen LogP contribution in [0.15, 0.2) is 46.9 Å². The molecule has 0 aromatic heterocycles. The quantitative estimate of drug-likeness (QED) is 0.886. The van der Waals surface area contributed by atoms with Crippen molar-refractivity contribution >= 4 is 15.9 Å². The molecule has 4 heteroatoms. The number of hydrogen-bond acceptors (Lipinski definition) is 2. The maximum absolute atomic E-state index is 13.0. The van der Waals surface area contributed by atoms with Crippen LogP contribution in [0.4, 0.5) is 4.39 Å². The molecule has 1 unspecified atom stereocenters. The molecule has 0 spiro atoms. The molecular formula is C16H17BrFNO. The number of ether oxygens (including phenoxy) is 1. The van der Waals surface area contributed by atoms with Gasteiger partial charge in [0, 0.05) is 16.1 Å². The Bertz CT molecular complexity index is 571. The van der Waals surface area contributed by atoms with Crippen molar-refractivity contribution in [3.05, 3.63) is 63.9 Å². The van der Waals surface area contributed by atoms with Gasteiger partial charge in [0.2, 0.25) is 0 Å². The summed E-state index contributed by atoms with van der Waals surface area (Å²) < 4.78 is 19.4. The predicted molar refractivity (Wildman–Crippen MR) is 82.6 cm³/mol. The molecule has 0 aliphatic heterocycles. The Hall–Kier alpha value is -1.39. The van der Waals surface area contributed by atoms with Gasteiger partial charge in [0.25, 0.3) is 0 Å². The number of nitrogens with one attached hydrogen (secondary N) is 1. The minimum atomic E-state index is -0.212. The van der Waals surface area contributed by atoms with Crippen LogP contribution < -0.4 is 10.1 Å². The molecule has 1 atom stereocenters. The highest BCUT2D eigenvalue weighted by atomic mass is 79.9. The van der Waals surface area contributed by atoms with Crippen molar-refractivity contribution in [2.75, 3.05) is 14.2 Å². The van der Waals surface area contributed by atoms with E-state index in [1.165, 1.54) is 12.1 Å². The van der Waals surface area contributed by atoms with Gasteiger partial charge >= 0.3 is 0 Å². The molecular weight excluding hydrogens is 321 g/mol. The second-order valence-electron chi connectivity index (χ2n) is 4.56. The Morgan fingerprint density at radius 1 is 1.20 bits per heavy atom. The van der Waals surface area contributed by atoms with E-state index in [4.69, 9.17) is 4.74 Å². The molecule has 106 valence electrons. The van der Waals surface area contributed by atoms with Crippen molar-refractivity contribution in [2.45, 2.75) is 12.5 Å². The van der Waals surface area contributed by atoms with Crippen LogP contribution in [0.1, 0.15) is 17.2 Å². The standard InChI is InChI=1S/C16H17BrFNO/c1-19-15(9-11-3-6-13(18)7-4-11)14-8-5-12(17)10-16(14)20-2/h3-8,10,15,19H,9H2,1-2H3. The van der Waals surface area contributed by atoms with Gasteiger partial charge in [-0.3, -0.25) is 0 Å². The lowest BCUT2D eigenvalue weighted by Crippen LogP contribution is -2.19. The van der Waals surface area contributed by atoms with Crippen LogP contribution in [-0.2, 0) is 6.42 Å². The van der Waals surface area contributed by atoms with E-state index in [9.17, 15) is 4.39 Å². The summed E-state index contributed by atoms with van der Waals surface area (Å²) in [6.45, 7) is 0. The van der Waals surface area contributed by atoms with E-state index >= 15 is 0 Å². The summed E-state index contributed by atoms with van der Waals surface area (Å²) in [6, 6.07) is 12.7. The van der Waals surface area contributed by atoms with E-state index in [1.54, 1.807) is 7.11 Å². The van der Waals surface area contributed by atoms with E-state index < -0.39 is 0 Å². The van der Waals surface area contributed by atoms with Gasteiger partial charge < -0.3 is 10.1 Å². The third-order valence-electron chi connectivity index (χ3n) is 3.27. The highest BCUT2D eigenvalue weighted by Gasteiger charge is 2.15. The first-order valence-electron chi connectivity index (χ1n) is 6.39. The topological polar surface area (TPSA) is 21.3 Å². The van der Waals surface area contributed by atoms with Gasteiger partial charge in [0.1, 0.15) is 11.6 Å². The van der Waals surface area contributed by atoms with Crippen molar-refractivity contribution in [1.82, 2.24) is 5.32 Å². The van der Waals surface area contributed by atoms with Crippen LogP contribution in [0.25, 0.3) is 0 Å². The summed E-state index contributed by atoms with van der Waals surface area (Å²) in [7, 11) is 3.57. The lowest BCUT2D eigenvalue weighted by molar-refractivity contribution is 0.401. The first kappa shape index (κ1) is 15.0. The highest BCUT2D eigenvalue weighted by molar-refractivity contribution is 9.10. The molecule has 0 bridgehead atoms. The lowest BCUT2D eigenvalue weighted by atomic mass is 9.98. The minimum Gasteiger partial charge on any atom is -0.496 e. The third kappa shape index (κ3) is 3.58. The fourth-order valence-electron chi connectivity index (χ4n) is 2.20. The molecule has 0 heterocycles. The smallest absolute Gasteiger partial charge is 0.124 e. The molecule has 0 fully saturated rings. The molecule has 0 aliphatic carbocycles. The van der Waals surface area contributed by atoms with Gasteiger partial charge in [-0.25, -0.2) is 4.39 Å². The molecule has 0 saturated heterocycles. The molecule has 0 amide bonds. The van der Waals surface area contributed by atoms with Crippen LogP contribution in [0, 0.1) is 5.82 Å². The number of methoxy groups -OCH3 is 1.